The molecule has 1 aromatic rings. The molecule has 0 saturated carbocycles. The van der Waals surface area contributed by atoms with E-state index in [4.69, 9.17) is 31.2 Å². The summed E-state index contributed by atoms with van der Waals surface area (Å²) in [6.07, 6.45) is 0. The van der Waals surface area contributed by atoms with E-state index in [1.165, 1.54) is 16.2 Å². The number of hydrogen-bond donors (Lipinski definition) is 7. The van der Waals surface area contributed by atoms with E-state index >= 15 is 0 Å². The first-order chi connectivity index (χ1) is 21.6. The van der Waals surface area contributed by atoms with Gasteiger partial charge in [0.05, 0.1) is 31.9 Å². The summed E-state index contributed by atoms with van der Waals surface area (Å²) in [4.78, 5) is 63.7. The summed E-state index contributed by atoms with van der Waals surface area (Å²) < 4.78 is 27.3. The van der Waals surface area contributed by atoms with Gasteiger partial charge in [0.15, 0.2) is 11.5 Å². The zero-order valence-corrected chi connectivity index (χ0v) is 30.0. The predicted octanol–water partition coefficient (Wildman–Crippen LogP) is 1.08. The molecule has 5 N–H and O–H groups in total. The normalized spacial score (nSPS) is 14.8. The number of thiocarbonyl (C=S) groups is 1. The highest BCUT2D eigenvalue weighted by atomic mass is 33.1. The number of fused-ring (bicyclic) bond motifs is 1. The Labute approximate surface area is 292 Å². The summed E-state index contributed by atoms with van der Waals surface area (Å²) in [6, 6.07) is -3.33. The first-order valence-electron chi connectivity index (χ1n) is 13.3. The van der Waals surface area contributed by atoms with E-state index in [1.54, 1.807) is 13.8 Å². The lowest BCUT2D eigenvalue weighted by molar-refractivity contribution is -0.145. The third kappa shape index (κ3) is 12.6. The largest absolute Gasteiger partial charge is 0.484 e. The molecule has 4 atom stereocenters. The molecule has 1 aliphatic heterocycles. The molecule has 45 heavy (non-hydrogen) atoms. The van der Waals surface area contributed by atoms with Gasteiger partial charge in [-0.3, -0.25) is 19.1 Å². The second kappa shape index (κ2) is 21.4. The van der Waals surface area contributed by atoms with Crippen LogP contribution in [0, 0.1) is 0 Å². The maximum Gasteiger partial charge on any atom is 0.329 e. The summed E-state index contributed by atoms with van der Waals surface area (Å²) in [6.45, 7) is 3.42. The standard InChI is InChI=1S/C24H34N4O10S7/c1-3-35-22(32)14(10-42-28-13(9-40)24(34)41)25-20(30)18-16-17(38-6-5-37-16)19(44-18)21(31)26-15(23(33)36-4-2)11-43-45-27-12(7-29)8-39/h8,12-15,27-29,40H,3-7,9-11H2,1-2H3,(H,25,30)(H,26,31)(H,34,41)/t12-,13+,14?,15?/m1/s1. The number of ether oxygens (including phenoxy) is 4. The summed E-state index contributed by atoms with van der Waals surface area (Å²) in [5, 5.41) is 15.4. The summed E-state index contributed by atoms with van der Waals surface area (Å²) in [5.74, 6) is -2.52. The lowest BCUT2D eigenvalue weighted by atomic mass is 10.2. The first-order valence-corrected chi connectivity index (χ1v) is 19.0. The minimum absolute atomic E-state index is 0.0105. The number of carbonyl (C=O) groups is 5. The molecule has 2 heterocycles. The van der Waals surface area contributed by atoms with Crippen molar-refractivity contribution in [1.29, 1.82) is 0 Å². The molecule has 2 unspecified atom stereocenters. The maximum atomic E-state index is 13.4. The molecule has 0 aliphatic carbocycles. The highest BCUT2D eigenvalue weighted by Crippen LogP contribution is 2.44. The molecular formula is C24H34N4O10S7. The Morgan fingerprint density at radius 1 is 0.956 bits per heavy atom. The molecule has 2 amide bonds. The van der Waals surface area contributed by atoms with Gasteiger partial charge in [0.25, 0.3) is 11.8 Å². The van der Waals surface area contributed by atoms with Crippen LogP contribution >= 0.6 is 82.5 Å². The van der Waals surface area contributed by atoms with Crippen LogP contribution in [0.25, 0.3) is 0 Å². The third-order valence-corrected chi connectivity index (χ3v) is 10.5. The lowest BCUT2D eigenvalue weighted by Crippen LogP contribution is -2.44. The predicted molar refractivity (Wildman–Crippen MR) is 186 cm³/mol. The molecule has 2 rings (SSSR count). The number of hydrogen-bond acceptors (Lipinski definition) is 18. The van der Waals surface area contributed by atoms with Crippen molar-refractivity contribution in [3.63, 3.8) is 0 Å². The number of aliphatic hydroxyl groups excluding tert-OH is 1. The van der Waals surface area contributed by atoms with Gasteiger partial charge in [-0.05, 0) is 30.2 Å². The van der Waals surface area contributed by atoms with Crippen LogP contribution in [-0.4, -0.2) is 114 Å². The topological polar surface area (TPSA) is 191 Å². The van der Waals surface area contributed by atoms with Crippen molar-refractivity contribution in [3.8, 4) is 11.5 Å². The fourth-order valence-corrected chi connectivity index (χ4v) is 8.05. The third-order valence-electron chi connectivity index (χ3n) is 5.37. The van der Waals surface area contributed by atoms with E-state index in [9.17, 15) is 29.1 Å². The average Bonchev–Trinajstić information content (AvgIpc) is 3.42. The Morgan fingerprint density at radius 3 is 1.93 bits per heavy atom. The highest BCUT2D eigenvalue weighted by Gasteiger charge is 2.35. The molecule has 0 spiro atoms. The van der Waals surface area contributed by atoms with Crippen LogP contribution in [0.3, 0.4) is 0 Å². The van der Waals surface area contributed by atoms with Crippen molar-refractivity contribution in [1.82, 2.24) is 20.1 Å². The zero-order valence-electron chi connectivity index (χ0n) is 24.1. The van der Waals surface area contributed by atoms with Gasteiger partial charge in [0, 0.05) is 17.3 Å². The Morgan fingerprint density at radius 2 is 1.49 bits per heavy atom. The van der Waals surface area contributed by atoms with E-state index in [0.29, 0.717) is 0 Å². The van der Waals surface area contributed by atoms with Crippen LogP contribution in [0.15, 0.2) is 0 Å². The highest BCUT2D eigenvalue weighted by molar-refractivity contribution is 8.76. The van der Waals surface area contributed by atoms with E-state index in [0.717, 1.165) is 34.3 Å². The summed E-state index contributed by atoms with van der Waals surface area (Å²) in [5.41, 5.74) is 0. The fourth-order valence-electron chi connectivity index (χ4n) is 3.22. The van der Waals surface area contributed by atoms with Gasteiger partial charge in [-0.1, -0.05) is 35.0 Å². The average molecular weight is 763 g/mol. The number of thiol groups is 2. The number of thiophene rings is 1. The van der Waals surface area contributed by atoms with E-state index in [-0.39, 0.29) is 71.5 Å². The Hall–Kier alpha value is -1.43. The number of aliphatic hydroxyl groups is 1. The van der Waals surface area contributed by atoms with Crippen LogP contribution in [0.4, 0.5) is 0 Å². The lowest BCUT2D eigenvalue weighted by Gasteiger charge is -2.20. The zero-order chi connectivity index (χ0) is 33.4. The molecule has 0 bridgehead atoms. The van der Waals surface area contributed by atoms with Crippen molar-refractivity contribution in [2.75, 3.05) is 50.3 Å². The van der Waals surface area contributed by atoms with Crippen LogP contribution in [0.2, 0.25) is 0 Å². The summed E-state index contributed by atoms with van der Waals surface area (Å²) in [7, 11) is 2.33. The molecule has 0 fully saturated rings. The first kappa shape index (κ1) is 39.7. The molecule has 14 nitrogen and oxygen atoms in total. The molecule has 0 aromatic carbocycles. The number of nitrogens with one attached hydrogen (secondary N) is 4. The minimum atomic E-state index is -1.13. The smallest absolute Gasteiger partial charge is 0.329 e. The molecule has 0 saturated heterocycles. The van der Waals surface area contributed by atoms with Gasteiger partial charge >= 0.3 is 11.9 Å². The maximum absolute atomic E-state index is 13.4. The van der Waals surface area contributed by atoms with Crippen molar-refractivity contribution in [3.05, 3.63) is 9.75 Å². The van der Waals surface area contributed by atoms with Crippen LogP contribution in [0.1, 0.15) is 33.2 Å². The van der Waals surface area contributed by atoms with E-state index < -0.39 is 53.0 Å². The molecule has 252 valence electrons. The Bertz CT molecular complexity index is 1190. The van der Waals surface area contributed by atoms with Gasteiger partial charge in [0.1, 0.15) is 35.1 Å². The van der Waals surface area contributed by atoms with Gasteiger partial charge in [-0.25, -0.2) is 14.3 Å². The molecular weight excluding hydrogens is 729 g/mol. The van der Waals surface area contributed by atoms with Gasteiger partial charge < -0.3 is 34.7 Å². The SMILES string of the molecule is CCOC(=O)C(CSN[C@@H](CS)C(=O)S)NC(=O)c1sc(C(=O)NC(CSSN[C@@H](C=S)CO)C(=O)OCC)c2c1OCCO2. The second-order valence-electron chi connectivity index (χ2n) is 8.58. The quantitative estimate of drug-likeness (QED) is 0.0235. The van der Waals surface area contributed by atoms with Crippen LogP contribution in [0.5, 0.6) is 11.5 Å². The second-order valence-corrected chi connectivity index (χ2v) is 13.7. The molecule has 21 heteroatoms. The van der Waals surface area contributed by atoms with Gasteiger partial charge in [-0.2, -0.15) is 12.6 Å². The number of carbonyl (C=O) groups excluding carboxylic acids is 5. The molecule has 1 aliphatic rings. The van der Waals surface area contributed by atoms with Crippen molar-refractivity contribution in [2.24, 2.45) is 0 Å². The molecule has 0 radical (unpaired) electrons. The van der Waals surface area contributed by atoms with Crippen molar-refractivity contribution >= 4 is 117 Å². The molecule has 1 aromatic heterocycles. The monoisotopic (exact) mass is 762 g/mol. The number of esters is 2. The van der Waals surface area contributed by atoms with Crippen molar-refractivity contribution in [2.45, 2.75) is 38.0 Å². The van der Waals surface area contributed by atoms with Crippen molar-refractivity contribution < 1.29 is 48.0 Å². The summed E-state index contributed by atoms with van der Waals surface area (Å²) >= 11 is 14.5. The van der Waals surface area contributed by atoms with E-state index in [2.05, 4.69) is 45.3 Å². The minimum Gasteiger partial charge on any atom is -0.484 e. The Kier molecular flexibility index (Phi) is 18.9. The van der Waals surface area contributed by atoms with Gasteiger partial charge in [-0.15, -0.1) is 24.0 Å². The Balaban J connectivity index is 2.23. The van der Waals surface area contributed by atoms with Gasteiger partial charge in [0.2, 0.25) is 5.12 Å². The van der Waals surface area contributed by atoms with E-state index in [1.807, 2.05) is 0 Å². The fraction of sp³-hybridized carbons (Fsp3) is 0.583. The number of amides is 2. The van der Waals surface area contributed by atoms with Crippen LogP contribution < -0.4 is 29.6 Å². The van der Waals surface area contributed by atoms with Crippen LogP contribution in [-0.2, 0) is 23.9 Å². The number of rotatable bonds is 21.